The Labute approximate surface area is 104 Å². The predicted octanol–water partition coefficient (Wildman–Crippen LogP) is 3.86. The molecule has 0 unspecified atom stereocenters. The van der Waals surface area contributed by atoms with Crippen LogP contribution < -0.4 is 0 Å². The maximum Gasteiger partial charge on any atom is 0.407 e. The van der Waals surface area contributed by atoms with Crippen LogP contribution in [0.25, 0.3) is 0 Å². The quantitative estimate of drug-likeness (QED) is 0.650. The number of carbonyl (C=O) groups is 1. The lowest BCUT2D eigenvalue weighted by atomic mass is 9.97. The minimum Gasteiger partial charge on any atom is -0.356 e. The number of ketones is 1. The number of nitrogens with one attached hydrogen (secondary N) is 1. The molecule has 0 aliphatic heterocycles. The standard InChI is InChI=1S/C11H11F6NO/c1-4-5(2)7(18-6(4)3)8(19)9(10(12,13)14)11(15,16)17/h9,18H,1-3H3. The summed E-state index contributed by atoms with van der Waals surface area (Å²) >= 11 is 0. The zero-order valence-corrected chi connectivity index (χ0v) is 10.3. The fourth-order valence-corrected chi connectivity index (χ4v) is 1.72. The van der Waals surface area contributed by atoms with E-state index < -0.39 is 29.7 Å². The van der Waals surface area contributed by atoms with E-state index in [1.807, 2.05) is 0 Å². The molecule has 1 N–H and O–H groups in total. The van der Waals surface area contributed by atoms with Crippen LogP contribution >= 0.6 is 0 Å². The van der Waals surface area contributed by atoms with E-state index in [1.165, 1.54) is 20.8 Å². The van der Waals surface area contributed by atoms with Gasteiger partial charge in [0.25, 0.3) is 0 Å². The van der Waals surface area contributed by atoms with Gasteiger partial charge in [0, 0.05) is 5.69 Å². The van der Waals surface area contributed by atoms with Crippen LogP contribution in [-0.2, 0) is 0 Å². The van der Waals surface area contributed by atoms with Crippen LogP contribution in [0.3, 0.4) is 0 Å². The monoisotopic (exact) mass is 287 g/mol. The van der Waals surface area contributed by atoms with E-state index in [4.69, 9.17) is 0 Å². The van der Waals surface area contributed by atoms with Gasteiger partial charge in [-0.3, -0.25) is 4.79 Å². The van der Waals surface area contributed by atoms with E-state index >= 15 is 0 Å². The van der Waals surface area contributed by atoms with Crippen molar-refractivity contribution in [2.24, 2.45) is 5.92 Å². The Bertz CT molecular complexity index is 483. The molecule has 19 heavy (non-hydrogen) atoms. The van der Waals surface area contributed by atoms with Gasteiger partial charge in [-0.1, -0.05) is 0 Å². The summed E-state index contributed by atoms with van der Waals surface area (Å²) in [4.78, 5) is 13.8. The van der Waals surface area contributed by atoms with Crippen LogP contribution in [-0.4, -0.2) is 23.1 Å². The number of hydrogen-bond acceptors (Lipinski definition) is 1. The largest absolute Gasteiger partial charge is 0.407 e. The number of aryl methyl sites for hydroxylation is 1. The topological polar surface area (TPSA) is 32.9 Å². The lowest BCUT2D eigenvalue weighted by Gasteiger charge is -2.21. The van der Waals surface area contributed by atoms with Gasteiger partial charge >= 0.3 is 12.4 Å². The Morgan fingerprint density at radius 3 is 1.63 bits per heavy atom. The SMILES string of the molecule is Cc1[nH]c(C(=O)C(C(F)(F)F)C(F)(F)F)c(C)c1C. The lowest BCUT2D eigenvalue weighted by Crippen LogP contribution is -2.42. The normalized spacial score (nSPS) is 13.2. The summed E-state index contributed by atoms with van der Waals surface area (Å²) in [5, 5.41) is 0. The van der Waals surface area contributed by atoms with Crippen molar-refractivity contribution in [1.82, 2.24) is 4.98 Å². The van der Waals surface area contributed by atoms with E-state index in [0.29, 0.717) is 11.3 Å². The first-order valence-corrected chi connectivity index (χ1v) is 5.20. The van der Waals surface area contributed by atoms with Gasteiger partial charge in [-0.15, -0.1) is 0 Å². The number of aromatic nitrogens is 1. The molecule has 1 rings (SSSR count). The first-order chi connectivity index (χ1) is 8.37. The molecule has 0 saturated carbocycles. The number of aromatic amines is 1. The number of rotatable bonds is 2. The molecule has 0 bridgehead atoms. The molecule has 108 valence electrons. The van der Waals surface area contributed by atoms with Gasteiger partial charge in [-0.25, -0.2) is 0 Å². The molecule has 0 aliphatic carbocycles. The maximum absolute atomic E-state index is 12.4. The van der Waals surface area contributed by atoms with Crippen LogP contribution in [0.4, 0.5) is 26.3 Å². The van der Waals surface area contributed by atoms with Crippen molar-refractivity contribution in [2.45, 2.75) is 33.1 Å². The number of alkyl halides is 6. The third-order valence-corrected chi connectivity index (χ3v) is 2.98. The molecule has 0 aliphatic rings. The van der Waals surface area contributed by atoms with Crippen LogP contribution in [0, 0.1) is 26.7 Å². The number of carbonyl (C=O) groups excluding carboxylic acids is 1. The molecule has 1 heterocycles. The Hall–Kier alpha value is -1.47. The van der Waals surface area contributed by atoms with E-state index in [0.717, 1.165) is 0 Å². The van der Waals surface area contributed by atoms with Gasteiger partial charge in [0.15, 0.2) is 0 Å². The average molecular weight is 287 g/mol. The third-order valence-electron chi connectivity index (χ3n) is 2.98. The summed E-state index contributed by atoms with van der Waals surface area (Å²) in [6.45, 7) is 4.28. The van der Waals surface area contributed by atoms with Crippen molar-refractivity contribution in [2.75, 3.05) is 0 Å². The van der Waals surface area contributed by atoms with Gasteiger partial charge in [0.1, 0.15) is 0 Å². The molecule has 2 nitrogen and oxygen atoms in total. The molecular weight excluding hydrogens is 276 g/mol. The van der Waals surface area contributed by atoms with Crippen molar-refractivity contribution in [1.29, 1.82) is 0 Å². The van der Waals surface area contributed by atoms with Crippen LogP contribution in [0.1, 0.15) is 27.3 Å². The Balaban J connectivity index is 3.33. The second kappa shape index (κ2) is 4.57. The van der Waals surface area contributed by atoms with E-state index in [2.05, 4.69) is 4.98 Å². The minimum absolute atomic E-state index is 0.0981. The van der Waals surface area contributed by atoms with Crippen molar-refractivity contribution in [3.05, 3.63) is 22.5 Å². The van der Waals surface area contributed by atoms with Gasteiger partial charge in [0.2, 0.25) is 11.7 Å². The molecule has 0 atom stereocenters. The molecule has 0 saturated heterocycles. The molecule has 1 aromatic rings. The first-order valence-electron chi connectivity index (χ1n) is 5.20. The van der Waals surface area contributed by atoms with Gasteiger partial charge in [-0.2, -0.15) is 26.3 Å². The highest BCUT2D eigenvalue weighted by Crippen LogP contribution is 2.41. The average Bonchev–Trinajstić information content (AvgIpc) is 2.41. The summed E-state index contributed by atoms with van der Waals surface area (Å²) < 4.78 is 74.6. The minimum atomic E-state index is -5.67. The smallest absolute Gasteiger partial charge is 0.356 e. The number of hydrogen-bond donors (Lipinski definition) is 1. The highest BCUT2D eigenvalue weighted by molar-refractivity contribution is 5.99. The molecule has 1 aromatic heterocycles. The van der Waals surface area contributed by atoms with E-state index in [9.17, 15) is 31.1 Å². The Kier molecular flexibility index (Phi) is 3.75. The van der Waals surface area contributed by atoms with Crippen molar-refractivity contribution >= 4 is 5.78 Å². The summed E-state index contributed by atoms with van der Waals surface area (Å²) in [6, 6.07) is 0. The van der Waals surface area contributed by atoms with Gasteiger partial charge < -0.3 is 4.98 Å². The summed E-state index contributed by atoms with van der Waals surface area (Å²) in [6.07, 6.45) is -11.3. The van der Waals surface area contributed by atoms with Crippen LogP contribution in [0.2, 0.25) is 0 Å². The van der Waals surface area contributed by atoms with E-state index in [1.54, 1.807) is 0 Å². The highest BCUT2D eigenvalue weighted by atomic mass is 19.4. The second-order valence-electron chi connectivity index (χ2n) is 4.26. The first kappa shape index (κ1) is 15.6. The number of halogens is 6. The van der Waals surface area contributed by atoms with Crippen LogP contribution in [0.5, 0.6) is 0 Å². The fraction of sp³-hybridized carbons (Fsp3) is 0.545. The molecule has 0 amide bonds. The summed E-state index contributed by atoms with van der Waals surface area (Å²) in [5.74, 6) is -6.01. The zero-order valence-electron chi connectivity index (χ0n) is 10.3. The molecule has 0 spiro atoms. The van der Waals surface area contributed by atoms with Crippen LogP contribution in [0.15, 0.2) is 0 Å². The molecule has 0 radical (unpaired) electrons. The molecular formula is C11H11F6NO. The lowest BCUT2D eigenvalue weighted by molar-refractivity contribution is -0.265. The maximum atomic E-state index is 12.4. The van der Waals surface area contributed by atoms with Gasteiger partial charge in [0.05, 0.1) is 5.69 Å². The van der Waals surface area contributed by atoms with E-state index in [-0.39, 0.29) is 5.56 Å². The fourth-order valence-electron chi connectivity index (χ4n) is 1.72. The third kappa shape index (κ3) is 2.93. The van der Waals surface area contributed by atoms with Crippen molar-refractivity contribution < 1.29 is 31.1 Å². The zero-order chi connectivity index (χ0) is 15.2. The number of H-pyrrole nitrogens is 1. The van der Waals surface area contributed by atoms with Gasteiger partial charge in [-0.05, 0) is 31.9 Å². The van der Waals surface area contributed by atoms with Crippen molar-refractivity contribution in [3.63, 3.8) is 0 Å². The summed E-state index contributed by atoms with van der Waals surface area (Å²) in [7, 11) is 0. The predicted molar refractivity (Wildman–Crippen MR) is 54.9 cm³/mol. The molecule has 8 heteroatoms. The Morgan fingerprint density at radius 2 is 1.37 bits per heavy atom. The summed E-state index contributed by atoms with van der Waals surface area (Å²) in [5.41, 5.74) is 0.283. The molecule has 0 aromatic carbocycles. The van der Waals surface area contributed by atoms with Crippen molar-refractivity contribution in [3.8, 4) is 0 Å². The Morgan fingerprint density at radius 1 is 0.947 bits per heavy atom. The second-order valence-corrected chi connectivity index (χ2v) is 4.26. The highest BCUT2D eigenvalue weighted by Gasteiger charge is 2.61. The molecule has 0 fully saturated rings. The number of Topliss-reactive ketones (excluding diaryl/α,β-unsaturated/α-hetero) is 1.